The van der Waals surface area contributed by atoms with Gasteiger partial charge in [-0.15, -0.1) is 21.5 Å². The highest BCUT2D eigenvalue weighted by atomic mass is 32.1. The molecule has 0 bridgehead atoms. The van der Waals surface area contributed by atoms with Gasteiger partial charge in [-0.3, -0.25) is 4.57 Å². The zero-order valence-corrected chi connectivity index (χ0v) is 14.1. The highest BCUT2D eigenvalue weighted by Crippen LogP contribution is 2.32. The maximum atomic E-state index is 4.69. The average molecular weight is 320 g/mol. The van der Waals surface area contributed by atoms with Gasteiger partial charge in [0.15, 0.2) is 5.82 Å². The van der Waals surface area contributed by atoms with Crippen molar-refractivity contribution in [3.8, 4) is 17.1 Å². The van der Waals surface area contributed by atoms with Crippen LogP contribution in [0.5, 0.6) is 0 Å². The molecule has 0 radical (unpaired) electrons. The summed E-state index contributed by atoms with van der Waals surface area (Å²) in [4.78, 5) is 4.69. The standard InChI is InChI=1S/C18H16N4S/c1-11-6-4-7-12(2)17(11)22-10-19-21-18(22)14-8-5-9-15-16(14)20-13(3)23-15/h4-10H,1-3H3. The van der Waals surface area contributed by atoms with Crippen LogP contribution in [0.3, 0.4) is 0 Å². The molecule has 114 valence electrons. The predicted octanol–water partition coefficient (Wildman–Crippen LogP) is 4.47. The van der Waals surface area contributed by atoms with Gasteiger partial charge in [0.25, 0.3) is 0 Å². The Morgan fingerprint density at radius 1 is 0.957 bits per heavy atom. The van der Waals surface area contributed by atoms with Crippen molar-refractivity contribution >= 4 is 21.6 Å². The van der Waals surface area contributed by atoms with E-state index in [-0.39, 0.29) is 0 Å². The van der Waals surface area contributed by atoms with Crippen LogP contribution in [-0.4, -0.2) is 19.7 Å². The third-order valence-electron chi connectivity index (χ3n) is 3.99. The van der Waals surface area contributed by atoms with Crippen molar-refractivity contribution in [1.82, 2.24) is 19.7 Å². The number of aromatic nitrogens is 4. The zero-order valence-electron chi connectivity index (χ0n) is 13.2. The number of hydrogen-bond acceptors (Lipinski definition) is 4. The maximum absolute atomic E-state index is 4.69. The van der Waals surface area contributed by atoms with Crippen molar-refractivity contribution in [2.24, 2.45) is 0 Å². The van der Waals surface area contributed by atoms with Gasteiger partial charge in [0.05, 0.1) is 20.9 Å². The summed E-state index contributed by atoms with van der Waals surface area (Å²) in [6.07, 6.45) is 1.78. The van der Waals surface area contributed by atoms with E-state index < -0.39 is 0 Å². The molecule has 4 nitrogen and oxygen atoms in total. The fraction of sp³-hybridized carbons (Fsp3) is 0.167. The lowest BCUT2D eigenvalue weighted by Crippen LogP contribution is -2.01. The Bertz CT molecular complexity index is 993. The molecule has 0 atom stereocenters. The van der Waals surface area contributed by atoms with Gasteiger partial charge in [-0.1, -0.05) is 24.3 Å². The second-order valence-electron chi connectivity index (χ2n) is 5.65. The second-order valence-corrected chi connectivity index (χ2v) is 6.88. The number of thiazole rings is 1. The van der Waals surface area contributed by atoms with Crippen LogP contribution in [0.25, 0.3) is 27.3 Å². The van der Waals surface area contributed by atoms with Crippen LogP contribution in [0.15, 0.2) is 42.7 Å². The molecule has 2 heterocycles. The summed E-state index contributed by atoms with van der Waals surface area (Å²) < 4.78 is 3.24. The van der Waals surface area contributed by atoms with Crippen LogP contribution in [-0.2, 0) is 0 Å². The molecular weight excluding hydrogens is 304 g/mol. The molecule has 0 amide bonds. The van der Waals surface area contributed by atoms with Crippen molar-refractivity contribution in [2.75, 3.05) is 0 Å². The Morgan fingerprint density at radius 2 is 1.70 bits per heavy atom. The number of benzene rings is 2. The SMILES string of the molecule is Cc1nc2c(-c3nncn3-c3c(C)cccc3C)cccc2s1. The topological polar surface area (TPSA) is 43.6 Å². The van der Waals surface area contributed by atoms with E-state index in [1.54, 1.807) is 17.7 Å². The van der Waals surface area contributed by atoms with E-state index in [4.69, 9.17) is 0 Å². The summed E-state index contributed by atoms with van der Waals surface area (Å²) in [5, 5.41) is 9.60. The Balaban J connectivity index is 2.00. The summed E-state index contributed by atoms with van der Waals surface area (Å²) in [6, 6.07) is 12.5. The highest BCUT2D eigenvalue weighted by Gasteiger charge is 2.16. The summed E-state index contributed by atoms with van der Waals surface area (Å²) in [5.74, 6) is 0.832. The van der Waals surface area contributed by atoms with E-state index >= 15 is 0 Å². The lowest BCUT2D eigenvalue weighted by Gasteiger charge is -2.13. The molecule has 0 aliphatic heterocycles. The van der Waals surface area contributed by atoms with Crippen LogP contribution in [0, 0.1) is 20.8 Å². The quantitative estimate of drug-likeness (QED) is 0.547. The van der Waals surface area contributed by atoms with Crippen LogP contribution in [0.1, 0.15) is 16.1 Å². The minimum Gasteiger partial charge on any atom is -0.281 e. The Labute approximate surface area is 138 Å². The summed E-state index contributed by atoms with van der Waals surface area (Å²) in [6.45, 7) is 6.25. The largest absolute Gasteiger partial charge is 0.281 e. The molecule has 0 N–H and O–H groups in total. The van der Waals surface area contributed by atoms with Crippen LogP contribution in [0.4, 0.5) is 0 Å². The maximum Gasteiger partial charge on any atom is 0.170 e. The summed E-state index contributed by atoms with van der Waals surface area (Å²) in [5.41, 5.74) is 5.55. The van der Waals surface area contributed by atoms with Gasteiger partial charge in [-0.2, -0.15) is 0 Å². The van der Waals surface area contributed by atoms with Gasteiger partial charge in [-0.05, 0) is 44.0 Å². The van der Waals surface area contributed by atoms with Gasteiger partial charge in [0, 0.05) is 5.56 Å². The van der Waals surface area contributed by atoms with Crippen LogP contribution >= 0.6 is 11.3 Å². The van der Waals surface area contributed by atoms with Crippen molar-refractivity contribution in [3.05, 3.63) is 58.9 Å². The molecule has 4 aromatic rings. The first-order valence-corrected chi connectivity index (χ1v) is 8.30. The summed E-state index contributed by atoms with van der Waals surface area (Å²) >= 11 is 1.70. The number of para-hydroxylation sites is 2. The Morgan fingerprint density at radius 3 is 2.48 bits per heavy atom. The van der Waals surface area contributed by atoms with Gasteiger partial charge < -0.3 is 0 Å². The number of fused-ring (bicyclic) bond motifs is 1. The molecule has 23 heavy (non-hydrogen) atoms. The third-order valence-corrected chi connectivity index (χ3v) is 4.93. The van der Waals surface area contributed by atoms with E-state index in [2.05, 4.69) is 70.0 Å². The Kier molecular flexibility index (Phi) is 3.23. The molecule has 0 aliphatic rings. The van der Waals surface area contributed by atoms with Crippen molar-refractivity contribution < 1.29 is 0 Å². The molecule has 2 aromatic heterocycles. The minimum atomic E-state index is 0.832. The van der Waals surface area contributed by atoms with Crippen LogP contribution < -0.4 is 0 Å². The van der Waals surface area contributed by atoms with Crippen molar-refractivity contribution in [3.63, 3.8) is 0 Å². The molecule has 2 aromatic carbocycles. The normalized spacial score (nSPS) is 11.3. The van der Waals surface area contributed by atoms with E-state index in [1.807, 2.05) is 6.92 Å². The fourth-order valence-electron chi connectivity index (χ4n) is 3.01. The van der Waals surface area contributed by atoms with E-state index in [9.17, 15) is 0 Å². The molecular formula is C18H16N4S. The lowest BCUT2D eigenvalue weighted by atomic mass is 10.1. The van der Waals surface area contributed by atoms with Crippen molar-refractivity contribution in [2.45, 2.75) is 20.8 Å². The first-order valence-electron chi connectivity index (χ1n) is 7.48. The van der Waals surface area contributed by atoms with E-state index in [1.165, 1.54) is 15.8 Å². The fourth-order valence-corrected chi connectivity index (χ4v) is 3.86. The van der Waals surface area contributed by atoms with E-state index in [0.29, 0.717) is 0 Å². The van der Waals surface area contributed by atoms with Gasteiger partial charge >= 0.3 is 0 Å². The summed E-state index contributed by atoms with van der Waals surface area (Å²) in [7, 11) is 0. The lowest BCUT2D eigenvalue weighted by molar-refractivity contribution is 1.03. The molecule has 0 saturated heterocycles. The third kappa shape index (κ3) is 2.24. The van der Waals surface area contributed by atoms with Crippen molar-refractivity contribution in [1.29, 1.82) is 0 Å². The zero-order chi connectivity index (χ0) is 16.0. The first-order chi connectivity index (χ1) is 11.1. The molecule has 0 spiro atoms. The second kappa shape index (κ2) is 5.28. The number of nitrogens with zero attached hydrogens (tertiary/aromatic N) is 4. The molecule has 5 heteroatoms. The highest BCUT2D eigenvalue weighted by molar-refractivity contribution is 7.18. The number of aryl methyl sites for hydroxylation is 3. The molecule has 0 fully saturated rings. The molecule has 4 rings (SSSR count). The smallest absolute Gasteiger partial charge is 0.170 e. The Hall–Kier alpha value is -2.53. The minimum absolute atomic E-state index is 0.832. The average Bonchev–Trinajstić information content (AvgIpc) is 3.12. The molecule has 0 saturated carbocycles. The van der Waals surface area contributed by atoms with Gasteiger partial charge in [0.1, 0.15) is 6.33 Å². The van der Waals surface area contributed by atoms with Gasteiger partial charge in [-0.25, -0.2) is 4.98 Å². The van der Waals surface area contributed by atoms with E-state index in [0.717, 1.165) is 27.6 Å². The van der Waals surface area contributed by atoms with Gasteiger partial charge in [0.2, 0.25) is 0 Å². The predicted molar refractivity (Wildman–Crippen MR) is 94.2 cm³/mol. The molecule has 0 aliphatic carbocycles. The van der Waals surface area contributed by atoms with Crippen LogP contribution in [0.2, 0.25) is 0 Å². The first kappa shape index (κ1) is 14.1. The monoisotopic (exact) mass is 320 g/mol. The number of rotatable bonds is 2. The molecule has 0 unspecified atom stereocenters. The number of hydrogen-bond donors (Lipinski definition) is 0.